The van der Waals surface area contributed by atoms with Crippen LogP contribution in [-0.2, 0) is 24.3 Å². The van der Waals surface area contributed by atoms with Crippen molar-refractivity contribution in [2.45, 2.75) is 25.6 Å². The number of carbonyl (C=O) groups is 2. The molecule has 3 heterocycles. The Bertz CT molecular complexity index is 938. The monoisotopic (exact) mass is 361 g/mol. The lowest BCUT2D eigenvalue weighted by atomic mass is 9.93. The van der Waals surface area contributed by atoms with Crippen molar-refractivity contribution in [3.63, 3.8) is 0 Å². The zero-order valence-corrected chi connectivity index (χ0v) is 14.7. The number of amides is 2. The van der Waals surface area contributed by atoms with Gasteiger partial charge in [0, 0.05) is 31.9 Å². The van der Waals surface area contributed by atoms with E-state index in [1.54, 1.807) is 29.4 Å². The van der Waals surface area contributed by atoms with Crippen molar-refractivity contribution in [3.05, 3.63) is 89.6 Å². The lowest BCUT2D eigenvalue weighted by molar-refractivity contribution is -0.126. The maximum absolute atomic E-state index is 12.9. The summed E-state index contributed by atoms with van der Waals surface area (Å²) in [6.45, 7) is 0.744. The third-order valence-electron chi connectivity index (χ3n) is 4.73. The standard InChI is InChI=1S/C21H19N3O3/c25-20(23-13-15-5-3-9-22-12-15)18-11-16-6-1-2-7-17(16)14-24(18)21(26)19-8-4-10-27-19/h1-10,12,18H,11,13-14H2,(H,23,25). The number of pyridine rings is 1. The summed E-state index contributed by atoms with van der Waals surface area (Å²) in [5.41, 5.74) is 3.04. The van der Waals surface area contributed by atoms with E-state index in [0.717, 1.165) is 16.7 Å². The summed E-state index contributed by atoms with van der Waals surface area (Å²) in [6.07, 6.45) is 5.33. The topological polar surface area (TPSA) is 75.4 Å². The molecule has 136 valence electrons. The molecule has 1 atom stereocenters. The van der Waals surface area contributed by atoms with E-state index in [-0.39, 0.29) is 17.6 Å². The molecular formula is C21H19N3O3. The van der Waals surface area contributed by atoms with E-state index in [2.05, 4.69) is 10.3 Å². The molecule has 0 bridgehead atoms. The molecule has 0 saturated carbocycles. The smallest absolute Gasteiger partial charge is 0.290 e. The number of aromatic nitrogens is 1. The predicted octanol–water partition coefficient (Wildman–Crippen LogP) is 2.56. The maximum atomic E-state index is 12.9. The highest BCUT2D eigenvalue weighted by atomic mass is 16.3. The van der Waals surface area contributed by atoms with E-state index in [1.165, 1.54) is 6.26 Å². The van der Waals surface area contributed by atoms with Crippen LogP contribution in [0.5, 0.6) is 0 Å². The molecule has 27 heavy (non-hydrogen) atoms. The average molecular weight is 361 g/mol. The van der Waals surface area contributed by atoms with Crippen LogP contribution < -0.4 is 5.32 Å². The second-order valence-electron chi connectivity index (χ2n) is 6.48. The number of hydrogen-bond acceptors (Lipinski definition) is 4. The quantitative estimate of drug-likeness (QED) is 0.775. The fourth-order valence-electron chi connectivity index (χ4n) is 3.32. The SMILES string of the molecule is O=C(NCc1cccnc1)C1Cc2ccccc2CN1C(=O)c1ccco1. The molecule has 1 aliphatic rings. The van der Waals surface area contributed by atoms with Crippen LogP contribution in [0.4, 0.5) is 0 Å². The van der Waals surface area contributed by atoms with Crippen molar-refractivity contribution in [2.24, 2.45) is 0 Å². The van der Waals surface area contributed by atoms with Gasteiger partial charge < -0.3 is 14.6 Å². The minimum atomic E-state index is -0.589. The summed E-state index contributed by atoms with van der Waals surface area (Å²) in [5.74, 6) is -0.233. The summed E-state index contributed by atoms with van der Waals surface area (Å²) in [7, 11) is 0. The third kappa shape index (κ3) is 3.60. The lowest BCUT2D eigenvalue weighted by Gasteiger charge is -2.35. The van der Waals surface area contributed by atoms with Crippen molar-refractivity contribution in [1.82, 2.24) is 15.2 Å². The van der Waals surface area contributed by atoms with Crippen molar-refractivity contribution in [1.29, 1.82) is 0 Å². The van der Waals surface area contributed by atoms with Gasteiger partial charge in [0.15, 0.2) is 5.76 Å². The number of furan rings is 1. The van der Waals surface area contributed by atoms with Crippen LogP contribution >= 0.6 is 0 Å². The zero-order valence-electron chi connectivity index (χ0n) is 14.7. The Balaban J connectivity index is 1.57. The minimum Gasteiger partial charge on any atom is -0.459 e. The van der Waals surface area contributed by atoms with Gasteiger partial charge in [0.2, 0.25) is 5.91 Å². The van der Waals surface area contributed by atoms with Gasteiger partial charge in [-0.1, -0.05) is 30.3 Å². The highest BCUT2D eigenvalue weighted by Gasteiger charge is 2.35. The molecule has 0 saturated heterocycles. The van der Waals surface area contributed by atoms with Gasteiger partial charge in [-0.05, 0) is 34.9 Å². The highest BCUT2D eigenvalue weighted by Crippen LogP contribution is 2.25. The Labute approximate surface area is 156 Å². The Hall–Kier alpha value is -3.41. The summed E-state index contributed by atoms with van der Waals surface area (Å²) in [4.78, 5) is 31.4. The highest BCUT2D eigenvalue weighted by molar-refractivity contribution is 5.96. The van der Waals surface area contributed by atoms with Crippen LogP contribution in [0.1, 0.15) is 27.2 Å². The molecule has 2 amide bonds. The van der Waals surface area contributed by atoms with Gasteiger partial charge >= 0.3 is 0 Å². The van der Waals surface area contributed by atoms with Gasteiger partial charge in [-0.3, -0.25) is 14.6 Å². The van der Waals surface area contributed by atoms with Crippen molar-refractivity contribution in [2.75, 3.05) is 0 Å². The van der Waals surface area contributed by atoms with Gasteiger partial charge in [0.1, 0.15) is 6.04 Å². The Morgan fingerprint density at radius 3 is 2.70 bits per heavy atom. The fraction of sp³-hybridized carbons (Fsp3) is 0.190. The Morgan fingerprint density at radius 2 is 1.96 bits per heavy atom. The summed E-state index contributed by atoms with van der Waals surface area (Å²) >= 11 is 0. The van der Waals surface area contributed by atoms with E-state index in [9.17, 15) is 9.59 Å². The van der Waals surface area contributed by atoms with Gasteiger partial charge in [0.25, 0.3) is 5.91 Å². The first kappa shape index (κ1) is 17.0. The number of nitrogens with one attached hydrogen (secondary N) is 1. The largest absolute Gasteiger partial charge is 0.459 e. The first-order chi connectivity index (χ1) is 13.2. The molecular weight excluding hydrogens is 342 g/mol. The van der Waals surface area contributed by atoms with Gasteiger partial charge in [-0.25, -0.2) is 0 Å². The number of hydrogen-bond donors (Lipinski definition) is 1. The van der Waals surface area contributed by atoms with Crippen molar-refractivity contribution >= 4 is 11.8 Å². The van der Waals surface area contributed by atoms with Crippen molar-refractivity contribution in [3.8, 4) is 0 Å². The second-order valence-corrected chi connectivity index (χ2v) is 6.48. The van der Waals surface area contributed by atoms with E-state index >= 15 is 0 Å². The molecule has 4 rings (SSSR count). The van der Waals surface area contributed by atoms with Crippen LogP contribution in [0.2, 0.25) is 0 Å². The average Bonchev–Trinajstić information content (AvgIpc) is 3.26. The third-order valence-corrected chi connectivity index (χ3v) is 4.73. The molecule has 3 aromatic rings. The van der Waals surface area contributed by atoms with Gasteiger partial charge in [-0.15, -0.1) is 0 Å². The van der Waals surface area contributed by atoms with Gasteiger partial charge in [0.05, 0.1) is 6.26 Å². The number of nitrogens with zero attached hydrogens (tertiary/aromatic N) is 2. The molecule has 6 heteroatoms. The van der Waals surface area contributed by atoms with Gasteiger partial charge in [-0.2, -0.15) is 0 Å². The van der Waals surface area contributed by atoms with Crippen LogP contribution in [0.25, 0.3) is 0 Å². The van der Waals surface area contributed by atoms with Crippen LogP contribution in [-0.4, -0.2) is 27.7 Å². The molecule has 2 aromatic heterocycles. The molecule has 0 fully saturated rings. The number of carbonyl (C=O) groups excluding carboxylic acids is 2. The molecule has 0 aliphatic carbocycles. The lowest BCUT2D eigenvalue weighted by Crippen LogP contribution is -2.52. The Kier molecular flexibility index (Phi) is 4.70. The molecule has 0 radical (unpaired) electrons. The maximum Gasteiger partial charge on any atom is 0.290 e. The molecule has 6 nitrogen and oxygen atoms in total. The number of benzene rings is 1. The molecule has 1 aromatic carbocycles. The van der Waals surface area contributed by atoms with E-state index in [0.29, 0.717) is 19.5 Å². The predicted molar refractivity (Wildman–Crippen MR) is 98.6 cm³/mol. The van der Waals surface area contributed by atoms with Crippen LogP contribution in [0.15, 0.2) is 71.6 Å². The van der Waals surface area contributed by atoms with Crippen LogP contribution in [0, 0.1) is 0 Å². The van der Waals surface area contributed by atoms with E-state index in [1.807, 2.05) is 36.4 Å². The fourth-order valence-corrected chi connectivity index (χ4v) is 3.32. The van der Waals surface area contributed by atoms with E-state index in [4.69, 9.17) is 4.42 Å². The second kappa shape index (κ2) is 7.45. The summed E-state index contributed by atoms with van der Waals surface area (Å²) in [5, 5.41) is 2.93. The molecule has 1 aliphatic heterocycles. The number of rotatable bonds is 4. The summed E-state index contributed by atoms with van der Waals surface area (Å²) in [6, 6.07) is 14.3. The van der Waals surface area contributed by atoms with E-state index < -0.39 is 6.04 Å². The molecule has 1 N–H and O–H groups in total. The first-order valence-corrected chi connectivity index (χ1v) is 8.80. The molecule has 0 spiro atoms. The minimum absolute atomic E-state index is 0.187. The van der Waals surface area contributed by atoms with Crippen LogP contribution in [0.3, 0.4) is 0 Å². The number of fused-ring (bicyclic) bond motifs is 1. The normalized spacial score (nSPS) is 15.9. The zero-order chi connectivity index (χ0) is 18.6. The Morgan fingerprint density at radius 1 is 1.11 bits per heavy atom. The van der Waals surface area contributed by atoms with Crippen molar-refractivity contribution < 1.29 is 14.0 Å². The first-order valence-electron chi connectivity index (χ1n) is 8.80. The summed E-state index contributed by atoms with van der Waals surface area (Å²) < 4.78 is 5.26. The molecule has 1 unspecified atom stereocenters.